The number of hydrogen-bond acceptors (Lipinski definition) is 2. The van der Waals surface area contributed by atoms with Crippen LogP contribution in [0.2, 0.25) is 0 Å². The van der Waals surface area contributed by atoms with E-state index in [1.54, 1.807) is 0 Å². The highest BCUT2D eigenvalue weighted by molar-refractivity contribution is 5.89. The topological polar surface area (TPSA) is 40.6 Å². The molecule has 2 heterocycles. The highest BCUT2D eigenvalue weighted by atomic mass is 16.2. The van der Waals surface area contributed by atoms with Gasteiger partial charge in [0.2, 0.25) is 11.8 Å². The molecule has 2 aliphatic heterocycles. The van der Waals surface area contributed by atoms with Gasteiger partial charge in [0.25, 0.3) is 0 Å². The molecule has 0 aliphatic carbocycles. The molecule has 2 amide bonds. The molecule has 1 saturated heterocycles. The number of amides is 2. The first kappa shape index (κ1) is 15.1. The van der Waals surface area contributed by atoms with E-state index in [9.17, 15) is 9.59 Å². The van der Waals surface area contributed by atoms with Gasteiger partial charge >= 0.3 is 0 Å². The van der Waals surface area contributed by atoms with Gasteiger partial charge in [0.05, 0.1) is 5.92 Å². The fraction of sp³-hybridized carbons (Fsp3) is 0.556. The van der Waals surface area contributed by atoms with Crippen molar-refractivity contribution in [3.63, 3.8) is 0 Å². The molecule has 2 aliphatic rings. The second-order valence-electron chi connectivity index (χ2n) is 6.37. The van der Waals surface area contributed by atoms with Crippen LogP contribution in [-0.2, 0) is 22.6 Å². The molecule has 0 saturated carbocycles. The van der Waals surface area contributed by atoms with Crippen molar-refractivity contribution in [3.05, 3.63) is 35.4 Å². The standard InChI is InChI=1S/C18H24N2O2/c1-2-3-9-19-13-16(11-17(19)21)18(22)20-10-8-14-6-4-5-7-15(14)12-20/h4-7,16H,2-3,8-13H2,1H3/t16-/m1/s1. The van der Waals surface area contributed by atoms with E-state index in [1.165, 1.54) is 11.1 Å². The Labute approximate surface area is 132 Å². The lowest BCUT2D eigenvalue weighted by molar-refractivity contribution is -0.136. The van der Waals surface area contributed by atoms with Gasteiger partial charge in [0.1, 0.15) is 0 Å². The van der Waals surface area contributed by atoms with Crippen LogP contribution in [0, 0.1) is 5.92 Å². The lowest BCUT2D eigenvalue weighted by Gasteiger charge is -2.30. The minimum absolute atomic E-state index is 0.143. The van der Waals surface area contributed by atoms with E-state index in [0.29, 0.717) is 19.5 Å². The van der Waals surface area contributed by atoms with Crippen LogP contribution < -0.4 is 0 Å². The molecule has 0 spiro atoms. The van der Waals surface area contributed by atoms with Gasteiger partial charge in [-0.25, -0.2) is 0 Å². The molecule has 0 unspecified atom stereocenters. The van der Waals surface area contributed by atoms with E-state index in [-0.39, 0.29) is 17.7 Å². The molecule has 4 nitrogen and oxygen atoms in total. The van der Waals surface area contributed by atoms with E-state index in [4.69, 9.17) is 0 Å². The number of unbranched alkanes of at least 4 members (excludes halogenated alkanes) is 1. The molecule has 0 aromatic heterocycles. The molecule has 4 heteroatoms. The third-order valence-electron chi connectivity index (χ3n) is 4.79. The van der Waals surface area contributed by atoms with Gasteiger partial charge in [-0.1, -0.05) is 37.6 Å². The summed E-state index contributed by atoms with van der Waals surface area (Å²) in [5.41, 5.74) is 2.59. The lowest BCUT2D eigenvalue weighted by atomic mass is 9.98. The Bertz CT molecular complexity index is 570. The average molecular weight is 300 g/mol. The van der Waals surface area contributed by atoms with Gasteiger partial charge in [-0.3, -0.25) is 9.59 Å². The Balaban J connectivity index is 1.62. The highest BCUT2D eigenvalue weighted by Gasteiger charge is 2.36. The van der Waals surface area contributed by atoms with Crippen molar-refractivity contribution in [2.75, 3.05) is 19.6 Å². The molecule has 22 heavy (non-hydrogen) atoms. The van der Waals surface area contributed by atoms with Crippen molar-refractivity contribution in [3.8, 4) is 0 Å². The molecule has 1 aromatic rings. The average Bonchev–Trinajstić information content (AvgIpc) is 2.92. The van der Waals surface area contributed by atoms with Crippen LogP contribution in [0.3, 0.4) is 0 Å². The highest BCUT2D eigenvalue weighted by Crippen LogP contribution is 2.24. The zero-order chi connectivity index (χ0) is 15.5. The molecule has 0 N–H and O–H groups in total. The predicted molar refractivity (Wildman–Crippen MR) is 85.2 cm³/mol. The van der Waals surface area contributed by atoms with Crippen LogP contribution in [0.15, 0.2) is 24.3 Å². The molecular weight excluding hydrogens is 276 g/mol. The van der Waals surface area contributed by atoms with Gasteiger partial charge in [0.15, 0.2) is 0 Å². The minimum atomic E-state index is -0.144. The van der Waals surface area contributed by atoms with Crippen LogP contribution in [0.4, 0.5) is 0 Å². The van der Waals surface area contributed by atoms with E-state index < -0.39 is 0 Å². The largest absolute Gasteiger partial charge is 0.342 e. The first-order valence-electron chi connectivity index (χ1n) is 8.32. The van der Waals surface area contributed by atoms with Crippen molar-refractivity contribution >= 4 is 11.8 Å². The quantitative estimate of drug-likeness (QED) is 0.855. The summed E-state index contributed by atoms with van der Waals surface area (Å²) in [7, 11) is 0. The number of benzene rings is 1. The van der Waals surface area contributed by atoms with Gasteiger partial charge in [-0.05, 0) is 24.0 Å². The maximum Gasteiger partial charge on any atom is 0.228 e. The van der Waals surface area contributed by atoms with Gasteiger partial charge < -0.3 is 9.80 Å². The van der Waals surface area contributed by atoms with Crippen LogP contribution in [0.25, 0.3) is 0 Å². The maximum absolute atomic E-state index is 12.7. The van der Waals surface area contributed by atoms with Gasteiger partial charge in [-0.15, -0.1) is 0 Å². The number of hydrogen-bond donors (Lipinski definition) is 0. The summed E-state index contributed by atoms with van der Waals surface area (Å²) in [4.78, 5) is 28.6. The van der Waals surface area contributed by atoms with E-state index in [0.717, 1.165) is 32.4 Å². The van der Waals surface area contributed by atoms with Crippen molar-refractivity contribution in [2.45, 2.75) is 39.2 Å². The molecule has 0 bridgehead atoms. The van der Waals surface area contributed by atoms with Crippen molar-refractivity contribution in [1.82, 2.24) is 9.80 Å². The molecule has 1 fully saturated rings. The third-order valence-corrected chi connectivity index (χ3v) is 4.79. The van der Waals surface area contributed by atoms with Crippen LogP contribution in [0.1, 0.15) is 37.3 Å². The predicted octanol–water partition coefficient (Wildman–Crippen LogP) is 2.22. The molecule has 1 aromatic carbocycles. The number of carbonyl (C=O) groups excluding carboxylic acids is 2. The summed E-state index contributed by atoms with van der Waals surface area (Å²) < 4.78 is 0. The molecule has 3 rings (SSSR count). The molecule has 0 radical (unpaired) electrons. The normalized spacial score (nSPS) is 21.1. The Morgan fingerprint density at radius 2 is 2.05 bits per heavy atom. The first-order valence-corrected chi connectivity index (χ1v) is 8.32. The minimum Gasteiger partial charge on any atom is -0.342 e. The maximum atomic E-state index is 12.7. The lowest BCUT2D eigenvalue weighted by Crippen LogP contribution is -2.40. The van der Waals surface area contributed by atoms with Crippen LogP contribution in [0.5, 0.6) is 0 Å². The Morgan fingerprint density at radius 3 is 2.82 bits per heavy atom. The second-order valence-corrected chi connectivity index (χ2v) is 6.37. The fourth-order valence-corrected chi connectivity index (χ4v) is 3.44. The first-order chi connectivity index (χ1) is 10.7. The monoisotopic (exact) mass is 300 g/mol. The fourth-order valence-electron chi connectivity index (χ4n) is 3.44. The van der Waals surface area contributed by atoms with Gasteiger partial charge in [0, 0.05) is 32.6 Å². The number of fused-ring (bicyclic) bond motifs is 1. The summed E-state index contributed by atoms with van der Waals surface area (Å²) in [6.07, 6.45) is 3.40. The second kappa shape index (κ2) is 6.51. The Hall–Kier alpha value is -1.84. The summed E-state index contributed by atoms with van der Waals surface area (Å²) in [5, 5.41) is 0. The van der Waals surface area contributed by atoms with Crippen LogP contribution in [-0.4, -0.2) is 41.2 Å². The van der Waals surface area contributed by atoms with Crippen molar-refractivity contribution < 1.29 is 9.59 Å². The van der Waals surface area contributed by atoms with Crippen molar-refractivity contribution in [1.29, 1.82) is 0 Å². The zero-order valence-electron chi connectivity index (χ0n) is 13.3. The summed E-state index contributed by atoms with van der Waals surface area (Å²) >= 11 is 0. The van der Waals surface area contributed by atoms with E-state index >= 15 is 0 Å². The smallest absolute Gasteiger partial charge is 0.228 e. The molecular formula is C18H24N2O2. The van der Waals surface area contributed by atoms with Gasteiger partial charge in [-0.2, -0.15) is 0 Å². The van der Waals surface area contributed by atoms with Crippen molar-refractivity contribution in [2.24, 2.45) is 5.92 Å². The summed E-state index contributed by atoms with van der Waals surface area (Å²) in [5.74, 6) is 0.153. The SMILES string of the molecule is CCCCN1C[C@H](C(=O)N2CCc3ccccc3C2)CC1=O. The van der Waals surface area contributed by atoms with Crippen LogP contribution >= 0.6 is 0 Å². The number of nitrogens with zero attached hydrogens (tertiary/aromatic N) is 2. The Morgan fingerprint density at radius 1 is 1.27 bits per heavy atom. The van der Waals surface area contributed by atoms with E-state index in [2.05, 4.69) is 25.1 Å². The number of likely N-dealkylation sites (tertiary alicyclic amines) is 1. The molecule has 1 atom stereocenters. The third kappa shape index (κ3) is 3.01. The number of rotatable bonds is 4. The summed E-state index contributed by atoms with van der Waals surface area (Å²) in [6.45, 7) is 4.98. The molecule has 118 valence electrons. The zero-order valence-corrected chi connectivity index (χ0v) is 13.3. The number of carbonyl (C=O) groups is 2. The van der Waals surface area contributed by atoms with E-state index in [1.807, 2.05) is 15.9 Å². The Kier molecular flexibility index (Phi) is 4.46. The summed E-state index contributed by atoms with van der Waals surface area (Å²) in [6, 6.07) is 8.32.